The summed E-state index contributed by atoms with van der Waals surface area (Å²) in [6.07, 6.45) is 9.53. The van der Waals surface area contributed by atoms with Crippen LogP contribution in [0, 0.1) is 0 Å². The van der Waals surface area contributed by atoms with Gasteiger partial charge in [-0.25, -0.2) is 5.43 Å². The second kappa shape index (κ2) is 11.1. The van der Waals surface area contributed by atoms with Crippen molar-refractivity contribution < 1.29 is 4.79 Å². The number of hydrazone groups is 1. The van der Waals surface area contributed by atoms with Crippen LogP contribution in [-0.2, 0) is 4.79 Å². The van der Waals surface area contributed by atoms with E-state index in [2.05, 4.69) is 36.5 Å². The first-order valence-corrected chi connectivity index (χ1v) is 8.11. The van der Waals surface area contributed by atoms with E-state index < -0.39 is 0 Å². The topological polar surface area (TPSA) is 41.5 Å². The van der Waals surface area contributed by atoms with Crippen LogP contribution in [0.15, 0.2) is 35.4 Å². The van der Waals surface area contributed by atoms with E-state index in [1.54, 1.807) is 6.21 Å². The Labute approximate surface area is 128 Å². The van der Waals surface area contributed by atoms with Crippen LogP contribution in [0.5, 0.6) is 0 Å². The zero-order valence-electron chi connectivity index (χ0n) is 13.3. The van der Waals surface area contributed by atoms with Crippen molar-refractivity contribution in [2.45, 2.75) is 64.7 Å². The van der Waals surface area contributed by atoms with E-state index >= 15 is 0 Å². The summed E-state index contributed by atoms with van der Waals surface area (Å²) in [5.41, 5.74) is 3.82. The Hall–Kier alpha value is -1.64. The molecule has 1 N–H and O–H groups in total. The molecule has 0 aliphatic heterocycles. The van der Waals surface area contributed by atoms with E-state index in [0.717, 1.165) is 12.8 Å². The molecule has 0 aromatic heterocycles. The highest BCUT2D eigenvalue weighted by atomic mass is 16.2. The Morgan fingerprint density at radius 1 is 1.14 bits per heavy atom. The van der Waals surface area contributed by atoms with Crippen LogP contribution < -0.4 is 5.43 Å². The molecule has 0 fully saturated rings. The minimum atomic E-state index is 0.0157. The summed E-state index contributed by atoms with van der Waals surface area (Å²) in [5.74, 6) is 0.225. The van der Waals surface area contributed by atoms with Gasteiger partial charge < -0.3 is 0 Å². The summed E-state index contributed by atoms with van der Waals surface area (Å²) < 4.78 is 0. The molecular weight excluding hydrogens is 260 g/mol. The van der Waals surface area contributed by atoms with Gasteiger partial charge in [-0.1, -0.05) is 76.3 Å². The summed E-state index contributed by atoms with van der Waals surface area (Å²) in [6.45, 7) is 4.28. The van der Waals surface area contributed by atoms with Gasteiger partial charge in [-0.05, 0) is 12.0 Å². The number of rotatable bonds is 10. The molecule has 0 bridgehead atoms. The summed E-state index contributed by atoms with van der Waals surface area (Å²) >= 11 is 0. The number of carbonyl (C=O) groups excluding carboxylic acids is 1. The molecule has 0 aliphatic rings. The lowest BCUT2D eigenvalue weighted by atomic mass is 10.0. The SMILES string of the molecule is CCCCCCCCC(=O)N/N=C/C(C)c1ccccc1. The second-order valence-corrected chi connectivity index (χ2v) is 5.53. The van der Waals surface area contributed by atoms with E-state index in [1.807, 2.05) is 18.2 Å². The van der Waals surface area contributed by atoms with E-state index in [4.69, 9.17) is 0 Å². The molecule has 1 aromatic carbocycles. The number of hydrogen-bond acceptors (Lipinski definition) is 2. The third-order valence-electron chi connectivity index (χ3n) is 3.57. The van der Waals surface area contributed by atoms with Crippen molar-refractivity contribution in [3.63, 3.8) is 0 Å². The van der Waals surface area contributed by atoms with Crippen molar-refractivity contribution >= 4 is 12.1 Å². The van der Waals surface area contributed by atoms with Crippen LogP contribution in [0.25, 0.3) is 0 Å². The molecule has 0 saturated carbocycles. The maximum absolute atomic E-state index is 11.6. The fraction of sp³-hybridized carbons (Fsp3) is 0.556. The molecule has 3 heteroatoms. The third kappa shape index (κ3) is 8.28. The zero-order valence-corrected chi connectivity index (χ0v) is 13.3. The first-order valence-electron chi connectivity index (χ1n) is 8.11. The highest BCUT2D eigenvalue weighted by molar-refractivity contribution is 5.77. The summed E-state index contributed by atoms with van der Waals surface area (Å²) in [5, 5.41) is 4.05. The number of benzene rings is 1. The molecular formula is C18H28N2O. The predicted octanol–water partition coefficient (Wildman–Crippen LogP) is 4.64. The molecule has 0 radical (unpaired) electrons. The van der Waals surface area contributed by atoms with Crippen LogP contribution in [-0.4, -0.2) is 12.1 Å². The third-order valence-corrected chi connectivity index (χ3v) is 3.57. The van der Waals surface area contributed by atoms with Crippen molar-refractivity contribution in [2.24, 2.45) is 5.10 Å². The van der Waals surface area contributed by atoms with Crippen molar-refractivity contribution in [1.29, 1.82) is 0 Å². The average molecular weight is 288 g/mol. The highest BCUT2D eigenvalue weighted by Gasteiger charge is 2.02. The molecule has 1 unspecified atom stereocenters. The van der Waals surface area contributed by atoms with Gasteiger partial charge in [0, 0.05) is 18.6 Å². The normalized spacial score (nSPS) is 12.5. The van der Waals surface area contributed by atoms with Crippen molar-refractivity contribution in [3.05, 3.63) is 35.9 Å². The number of nitrogens with one attached hydrogen (secondary N) is 1. The maximum atomic E-state index is 11.6. The summed E-state index contributed by atoms with van der Waals surface area (Å²) in [4.78, 5) is 11.6. The van der Waals surface area contributed by atoms with Gasteiger partial charge in [-0.3, -0.25) is 4.79 Å². The first-order chi connectivity index (χ1) is 10.2. The van der Waals surface area contributed by atoms with Gasteiger partial charge in [0.25, 0.3) is 0 Å². The Kier molecular flexibility index (Phi) is 9.18. The fourth-order valence-electron chi connectivity index (χ4n) is 2.19. The molecule has 1 aromatic rings. The monoisotopic (exact) mass is 288 g/mol. The molecule has 0 spiro atoms. The number of unbranched alkanes of at least 4 members (excludes halogenated alkanes) is 5. The Morgan fingerprint density at radius 2 is 1.81 bits per heavy atom. The lowest BCUT2D eigenvalue weighted by Crippen LogP contribution is -2.17. The quantitative estimate of drug-likeness (QED) is 0.380. The standard InChI is InChI=1S/C18H28N2O/c1-3-4-5-6-7-11-14-18(21)20-19-15-16(2)17-12-9-8-10-13-17/h8-10,12-13,15-16H,3-7,11,14H2,1-2H3,(H,20,21)/b19-15+. The van der Waals surface area contributed by atoms with Crippen LogP contribution in [0.4, 0.5) is 0 Å². The minimum absolute atomic E-state index is 0.0157. The van der Waals surface area contributed by atoms with Gasteiger partial charge in [0.05, 0.1) is 0 Å². The maximum Gasteiger partial charge on any atom is 0.240 e. The lowest BCUT2D eigenvalue weighted by Gasteiger charge is -2.05. The molecule has 21 heavy (non-hydrogen) atoms. The smallest absolute Gasteiger partial charge is 0.240 e. The van der Waals surface area contributed by atoms with Crippen molar-refractivity contribution in [1.82, 2.24) is 5.43 Å². The summed E-state index contributed by atoms with van der Waals surface area (Å²) in [7, 11) is 0. The minimum Gasteiger partial charge on any atom is -0.273 e. The molecule has 1 amide bonds. The molecule has 3 nitrogen and oxygen atoms in total. The van der Waals surface area contributed by atoms with Crippen LogP contribution in [0.2, 0.25) is 0 Å². The van der Waals surface area contributed by atoms with Gasteiger partial charge in [-0.15, -0.1) is 0 Å². The highest BCUT2D eigenvalue weighted by Crippen LogP contribution is 2.11. The Bertz CT molecular complexity index is 414. The largest absolute Gasteiger partial charge is 0.273 e. The van der Waals surface area contributed by atoms with E-state index in [0.29, 0.717) is 6.42 Å². The van der Waals surface area contributed by atoms with Gasteiger partial charge >= 0.3 is 0 Å². The van der Waals surface area contributed by atoms with E-state index in [1.165, 1.54) is 31.2 Å². The van der Waals surface area contributed by atoms with E-state index in [-0.39, 0.29) is 11.8 Å². The van der Waals surface area contributed by atoms with Crippen LogP contribution in [0.3, 0.4) is 0 Å². The van der Waals surface area contributed by atoms with Crippen LogP contribution >= 0.6 is 0 Å². The Morgan fingerprint density at radius 3 is 2.52 bits per heavy atom. The van der Waals surface area contributed by atoms with Crippen LogP contribution in [0.1, 0.15) is 70.3 Å². The molecule has 0 aliphatic carbocycles. The molecule has 116 valence electrons. The summed E-state index contributed by atoms with van der Waals surface area (Å²) in [6, 6.07) is 10.1. The zero-order chi connectivity index (χ0) is 15.3. The molecule has 0 saturated heterocycles. The lowest BCUT2D eigenvalue weighted by molar-refractivity contribution is -0.121. The van der Waals surface area contributed by atoms with Crippen molar-refractivity contribution in [2.75, 3.05) is 0 Å². The Balaban J connectivity index is 2.13. The van der Waals surface area contributed by atoms with E-state index in [9.17, 15) is 4.79 Å². The van der Waals surface area contributed by atoms with Gasteiger partial charge in [0.15, 0.2) is 0 Å². The molecule has 1 atom stereocenters. The average Bonchev–Trinajstić information content (AvgIpc) is 2.51. The molecule has 1 rings (SSSR count). The molecule has 0 heterocycles. The number of amides is 1. The number of carbonyl (C=O) groups is 1. The number of nitrogens with zero attached hydrogens (tertiary/aromatic N) is 1. The van der Waals surface area contributed by atoms with Gasteiger partial charge in [0.1, 0.15) is 0 Å². The van der Waals surface area contributed by atoms with Crippen molar-refractivity contribution in [3.8, 4) is 0 Å². The second-order valence-electron chi connectivity index (χ2n) is 5.53. The first kappa shape index (κ1) is 17.4. The predicted molar refractivity (Wildman–Crippen MR) is 89.5 cm³/mol. The number of hydrogen-bond donors (Lipinski definition) is 1. The van der Waals surface area contributed by atoms with Gasteiger partial charge in [-0.2, -0.15) is 5.10 Å². The van der Waals surface area contributed by atoms with Gasteiger partial charge in [0.2, 0.25) is 5.91 Å². The fourth-order valence-corrected chi connectivity index (χ4v) is 2.19.